The normalized spacial score (nSPS) is 14.0. The van der Waals surface area contributed by atoms with Crippen LogP contribution < -0.4 is 10.6 Å². The molecule has 0 saturated carbocycles. The van der Waals surface area contributed by atoms with Gasteiger partial charge in [0.2, 0.25) is 0 Å². The Bertz CT molecular complexity index is 511. The first-order valence-electron chi connectivity index (χ1n) is 7.14. The molecule has 2 nitrogen and oxygen atoms in total. The van der Waals surface area contributed by atoms with E-state index < -0.39 is 0 Å². The molecule has 0 fully saturated rings. The van der Waals surface area contributed by atoms with Gasteiger partial charge in [-0.1, -0.05) is 48.5 Å². The zero-order chi connectivity index (χ0) is 14.5. The standard InChI is InChI=1S/C18H24N2/c1-13-9-5-7-11-15(13)17(19-3)18(20-4)16-12-8-6-10-14(16)2/h5-12,17-20H,1-4H3. The molecule has 0 aromatic heterocycles. The molecule has 0 amide bonds. The van der Waals surface area contributed by atoms with Crippen LogP contribution in [0.1, 0.15) is 34.3 Å². The highest BCUT2D eigenvalue weighted by Gasteiger charge is 2.24. The molecular formula is C18H24N2. The van der Waals surface area contributed by atoms with Crippen LogP contribution in [0.25, 0.3) is 0 Å². The second-order valence-electron chi connectivity index (χ2n) is 5.25. The Kier molecular flexibility index (Phi) is 4.94. The summed E-state index contributed by atoms with van der Waals surface area (Å²) in [6.07, 6.45) is 0. The molecule has 2 unspecified atom stereocenters. The Balaban J connectivity index is 2.44. The summed E-state index contributed by atoms with van der Waals surface area (Å²) < 4.78 is 0. The summed E-state index contributed by atoms with van der Waals surface area (Å²) in [5.74, 6) is 0. The topological polar surface area (TPSA) is 24.1 Å². The van der Waals surface area contributed by atoms with Gasteiger partial charge >= 0.3 is 0 Å². The molecule has 0 saturated heterocycles. The highest BCUT2D eigenvalue weighted by molar-refractivity contribution is 5.35. The molecule has 2 heteroatoms. The fraction of sp³-hybridized carbons (Fsp3) is 0.333. The van der Waals surface area contributed by atoms with Crippen molar-refractivity contribution in [3.63, 3.8) is 0 Å². The van der Waals surface area contributed by atoms with Gasteiger partial charge in [0.25, 0.3) is 0 Å². The lowest BCUT2D eigenvalue weighted by Gasteiger charge is -2.29. The molecule has 0 aliphatic carbocycles. The van der Waals surface area contributed by atoms with Gasteiger partial charge in [0.15, 0.2) is 0 Å². The first-order chi connectivity index (χ1) is 9.69. The van der Waals surface area contributed by atoms with Gasteiger partial charge in [-0.25, -0.2) is 0 Å². The zero-order valence-electron chi connectivity index (χ0n) is 12.8. The number of likely N-dealkylation sites (N-methyl/N-ethyl adjacent to an activating group) is 2. The Morgan fingerprint density at radius 3 is 1.30 bits per heavy atom. The van der Waals surface area contributed by atoms with Gasteiger partial charge in [0, 0.05) is 0 Å². The lowest BCUT2D eigenvalue weighted by Crippen LogP contribution is -2.32. The summed E-state index contributed by atoms with van der Waals surface area (Å²) in [4.78, 5) is 0. The summed E-state index contributed by atoms with van der Waals surface area (Å²) in [7, 11) is 4.06. The van der Waals surface area contributed by atoms with Gasteiger partial charge in [-0.05, 0) is 50.2 Å². The van der Waals surface area contributed by atoms with E-state index in [1.54, 1.807) is 0 Å². The Labute approximate surface area is 122 Å². The van der Waals surface area contributed by atoms with Crippen molar-refractivity contribution in [2.75, 3.05) is 14.1 Å². The van der Waals surface area contributed by atoms with Crippen molar-refractivity contribution in [3.8, 4) is 0 Å². The van der Waals surface area contributed by atoms with Gasteiger partial charge in [0.1, 0.15) is 0 Å². The molecular weight excluding hydrogens is 244 g/mol. The van der Waals surface area contributed by atoms with Gasteiger partial charge in [-0.3, -0.25) is 0 Å². The van der Waals surface area contributed by atoms with Crippen molar-refractivity contribution >= 4 is 0 Å². The van der Waals surface area contributed by atoms with Crippen LogP contribution in [-0.4, -0.2) is 14.1 Å². The van der Waals surface area contributed by atoms with E-state index in [-0.39, 0.29) is 12.1 Å². The van der Waals surface area contributed by atoms with Crippen LogP contribution in [0.2, 0.25) is 0 Å². The predicted molar refractivity (Wildman–Crippen MR) is 86.0 cm³/mol. The Morgan fingerprint density at radius 2 is 1.00 bits per heavy atom. The van der Waals surface area contributed by atoms with E-state index in [9.17, 15) is 0 Å². The molecule has 0 spiro atoms. The van der Waals surface area contributed by atoms with E-state index in [0.717, 1.165) is 0 Å². The molecule has 2 rings (SSSR count). The summed E-state index contributed by atoms with van der Waals surface area (Å²) in [5, 5.41) is 6.95. The predicted octanol–water partition coefficient (Wildman–Crippen LogP) is 3.52. The second-order valence-corrected chi connectivity index (χ2v) is 5.25. The summed E-state index contributed by atoms with van der Waals surface area (Å²) in [6.45, 7) is 4.34. The molecule has 0 radical (unpaired) electrons. The monoisotopic (exact) mass is 268 g/mol. The van der Waals surface area contributed by atoms with Gasteiger partial charge in [-0.15, -0.1) is 0 Å². The largest absolute Gasteiger partial charge is 0.311 e. The van der Waals surface area contributed by atoms with Crippen LogP contribution in [-0.2, 0) is 0 Å². The van der Waals surface area contributed by atoms with E-state index in [2.05, 4.69) is 73.0 Å². The molecule has 2 atom stereocenters. The number of benzene rings is 2. The number of hydrogen-bond acceptors (Lipinski definition) is 2. The van der Waals surface area contributed by atoms with E-state index in [4.69, 9.17) is 0 Å². The quantitative estimate of drug-likeness (QED) is 0.867. The second kappa shape index (κ2) is 6.69. The summed E-state index contributed by atoms with van der Waals surface area (Å²) in [6, 6.07) is 17.7. The molecule has 0 heterocycles. The third-order valence-electron chi connectivity index (χ3n) is 4.00. The molecule has 2 N–H and O–H groups in total. The van der Waals surface area contributed by atoms with Crippen LogP contribution in [0.3, 0.4) is 0 Å². The van der Waals surface area contributed by atoms with Crippen molar-refractivity contribution in [2.24, 2.45) is 0 Å². The number of rotatable bonds is 5. The minimum Gasteiger partial charge on any atom is -0.311 e. The Morgan fingerprint density at radius 1 is 0.650 bits per heavy atom. The molecule has 106 valence electrons. The highest BCUT2D eigenvalue weighted by Crippen LogP contribution is 2.31. The van der Waals surface area contributed by atoms with E-state index in [1.165, 1.54) is 22.3 Å². The fourth-order valence-corrected chi connectivity index (χ4v) is 2.87. The smallest absolute Gasteiger partial charge is 0.0518 e. The fourth-order valence-electron chi connectivity index (χ4n) is 2.87. The van der Waals surface area contributed by atoms with Crippen LogP contribution >= 0.6 is 0 Å². The first-order valence-corrected chi connectivity index (χ1v) is 7.14. The molecule has 2 aromatic rings. The van der Waals surface area contributed by atoms with Crippen molar-refractivity contribution in [1.82, 2.24) is 10.6 Å². The van der Waals surface area contributed by atoms with E-state index >= 15 is 0 Å². The molecule has 2 aromatic carbocycles. The minimum atomic E-state index is 0.252. The van der Waals surface area contributed by atoms with E-state index in [0.29, 0.717) is 0 Å². The van der Waals surface area contributed by atoms with Crippen molar-refractivity contribution in [2.45, 2.75) is 25.9 Å². The van der Waals surface area contributed by atoms with Crippen molar-refractivity contribution < 1.29 is 0 Å². The maximum atomic E-state index is 3.47. The van der Waals surface area contributed by atoms with Crippen LogP contribution in [0.5, 0.6) is 0 Å². The van der Waals surface area contributed by atoms with Gasteiger partial charge in [-0.2, -0.15) is 0 Å². The number of hydrogen-bond donors (Lipinski definition) is 2. The first kappa shape index (κ1) is 14.8. The minimum absolute atomic E-state index is 0.252. The van der Waals surface area contributed by atoms with Crippen molar-refractivity contribution in [1.29, 1.82) is 0 Å². The third kappa shape index (κ3) is 2.92. The molecule has 0 bridgehead atoms. The highest BCUT2D eigenvalue weighted by atomic mass is 15.0. The SMILES string of the molecule is CNC(c1ccccc1C)C(NC)c1ccccc1C. The lowest BCUT2D eigenvalue weighted by molar-refractivity contribution is 0.429. The summed E-state index contributed by atoms with van der Waals surface area (Å²) in [5.41, 5.74) is 5.33. The summed E-state index contributed by atoms with van der Waals surface area (Å²) >= 11 is 0. The Hall–Kier alpha value is -1.64. The third-order valence-corrected chi connectivity index (χ3v) is 4.00. The molecule has 0 aliphatic rings. The van der Waals surface area contributed by atoms with Crippen LogP contribution in [0.4, 0.5) is 0 Å². The molecule has 20 heavy (non-hydrogen) atoms. The number of aryl methyl sites for hydroxylation is 2. The molecule has 0 aliphatic heterocycles. The van der Waals surface area contributed by atoms with Crippen LogP contribution in [0.15, 0.2) is 48.5 Å². The van der Waals surface area contributed by atoms with Crippen LogP contribution in [0, 0.1) is 13.8 Å². The average Bonchev–Trinajstić information content (AvgIpc) is 2.47. The van der Waals surface area contributed by atoms with Gasteiger partial charge < -0.3 is 10.6 Å². The van der Waals surface area contributed by atoms with E-state index in [1.807, 2.05) is 14.1 Å². The van der Waals surface area contributed by atoms with Gasteiger partial charge in [0.05, 0.1) is 12.1 Å². The zero-order valence-corrected chi connectivity index (χ0v) is 12.8. The lowest BCUT2D eigenvalue weighted by atomic mass is 9.89. The maximum absolute atomic E-state index is 3.47. The maximum Gasteiger partial charge on any atom is 0.0518 e. The average molecular weight is 268 g/mol. The number of nitrogens with one attached hydrogen (secondary N) is 2. The van der Waals surface area contributed by atoms with Crippen molar-refractivity contribution in [3.05, 3.63) is 70.8 Å².